The molecule has 0 atom stereocenters. The smallest absolute Gasteiger partial charge is 0.140 e. The first-order valence-electron chi connectivity index (χ1n) is 7.20. The number of halogens is 2. The molecule has 0 spiro atoms. The fourth-order valence-electron chi connectivity index (χ4n) is 2.89. The third-order valence-electron chi connectivity index (χ3n) is 4.00. The molecule has 0 unspecified atom stereocenters. The van der Waals surface area contributed by atoms with E-state index in [4.69, 9.17) is 22.3 Å². The lowest BCUT2D eigenvalue weighted by molar-refractivity contribution is 0.682. The summed E-state index contributed by atoms with van der Waals surface area (Å²) in [5, 5.41) is 0.751. The Hall–Kier alpha value is -0.880. The molecule has 1 aliphatic carbocycles. The maximum atomic E-state index is 6.22. The number of hydrogen-bond acceptors (Lipinski definition) is 3. The van der Waals surface area contributed by atoms with Crippen molar-refractivity contribution in [3.05, 3.63) is 49.9 Å². The van der Waals surface area contributed by atoms with E-state index in [0.29, 0.717) is 18.2 Å². The molecular weight excluding hydrogens is 397 g/mol. The molecule has 3 rings (SSSR count). The molecule has 1 heterocycles. The number of nitrogens with two attached hydrogens (primary N) is 1. The first kappa shape index (κ1) is 15.0. The lowest BCUT2D eigenvalue weighted by Gasteiger charge is -2.14. The minimum absolute atomic E-state index is 0.534. The largest absolute Gasteiger partial charge is 0.383 e. The second kappa shape index (κ2) is 6.48. The van der Waals surface area contributed by atoms with Crippen LogP contribution in [0.1, 0.15) is 48.7 Å². The molecule has 0 radical (unpaired) electrons. The molecule has 1 saturated carbocycles. The van der Waals surface area contributed by atoms with Gasteiger partial charge in [0.05, 0.1) is 9.26 Å². The van der Waals surface area contributed by atoms with Crippen LogP contribution in [-0.4, -0.2) is 9.97 Å². The zero-order valence-electron chi connectivity index (χ0n) is 11.6. The Morgan fingerprint density at radius 3 is 2.62 bits per heavy atom. The van der Waals surface area contributed by atoms with Crippen molar-refractivity contribution in [2.24, 2.45) is 0 Å². The number of nitrogens with zero attached hydrogens (tertiary/aromatic N) is 2. The quantitative estimate of drug-likeness (QED) is 0.750. The van der Waals surface area contributed by atoms with Crippen LogP contribution in [0.2, 0.25) is 5.02 Å². The van der Waals surface area contributed by atoms with Gasteiger partial charge in [-0.3, -0.25) is 0 Å². The topological polar surface area (TPSA) is 51.8 Å². The van der Waals surface area contributed by atoms with E-state index in [2.05, 4.69) is 27.6 Å². The van der Waals surface area contributed by atoms with Crippen LogP contribution < -0.4 is 5.73 Å². The Morgan fingerprint density at radius 2 is 1.90 bits per heavy atom. The molecule has 0 aliphatic heterocycles. The van der Waals surface area contributed by atoms with E-state index >= 15 is 0 Å². The minimum atomic E-state index is 0.534. The van der Waals surface area contributed by atoms with Crippen LogP contribution in [0.4, 0.5) is 5.82 Å². The Morgan fingerprint density at radius 1 is 1.19 bits per heavy atom. The van der Waals surface area contributed by atoms with Crippen molar-refractivity contribution in [1.82, 2.24) is 9.97 Å². The molecule has 1 fully saturated rings. The maximum Gasteiger partial charge on any atom is 0.140 e. The van der Waals surface area contributed by atoms with Gasteiger partial charge in [0.15, 0.2) is 0 Å². The zero-order valence-corrected chi connectivity index (χ0v) is 14.6. The summed E-state index contributed by atoms with van der Waals surface area (Å²) >= 11 is 8.50. The van der Waals surface area contributed by atoms with Gasteiger partial charge < -0.3 is 5.73 Å². The minimum Gasteiger partial charge on any atom is -0.383 e. The number of anilines is 1. The second-order valence-electron chi connectivity index (χ2n) is 5.47. The summed E-state index contributed by atoms with van der Waals surface area (Å²) in [5.74, 6) is 1.89. The van der Waals surface area contributed by atoms with Crippen LogP contribution >= 0.6 is 34.2 Å². The number of benzene rings is 1. The van der Waals surface area contributed by atoms with Crippen LogP contribution in [0.25, 0.3) is 0 Å². The number of rotatable bonds is 3. The van der Waals surface area contributed by atoms with Gasteiger partial charge in [0.1, 0.15) is 11.6 Å². The van der Waals surface area contributed by atoms with Crippen molar-refractivity contribution in [3.63, 3.8) is 0 Å². The Labute approximate surface area is 143 Å². The monoisotopic (exact) mass is 413 g/mol. The second-order valence-corrected chi connectivity index (χ2v) is 6.96. The van der Waals surface area contributed by atoms with Gasteiger partial charge in [-0.2, -0.15) is 0 Å². The van der Waals surface area contributed by atoms with E-state index in [1.807, 2.05) is 24.3 Å². The van der Waals surface area contributed by atoms with E-state index in [1.54, 1.807) is 0 Å². The average molecular weight is 414 g/mol. The summed E-state index contributed by atoms with van der Waals surface area (Å²) in [4.78, 5) is 9.24. The van der Waals surface area contributed by atoms with Crippen molar-refractivity contribution < 1.29 is 0 Å². The number of hydrogen-bond donors (Lipinski definition) is 1. The number of nitrogen functional groups attached to an aromatic ring is 1. The van der Waals surface area contributed by atoms with E-state index in [0.717, 1.165) is 25.7 Å². The summed E-state index contributed by atoms with van der Waals surface area (Å²) in [6.45, 7) is 0. The molecule has 0 saturated heterocycles. The summed E-state index contributed by atoms with van der Waals surface area (Å²) in [7, 11) is 0. The average Bonchev–Trinajstić information content (AvgIpc) is 2.99. The van der Waals surface area contributed by atoms with Gasteiger partial charge in [-0.1, -0.05) is 42.6 Å². The van der Waals surface area contributed by atoms with Crippen LogP contribution in [0.3, 0.4) is 0 Å². The van der Waals surface area contributed by atoms with Gasteiger partial charge in [-0.15, -0.1) is 0 Å². The van der Waals surface area contributed by atoms with E-state index in [9.17, 15) is 0 Å². The van der Waals surface area contributed by atoms with Crippen molar-refractivity contribution in [2.75, 3.05) is 5.73 Å². The third-order valence-corrected chi connectivity index (χ3v) is 5.47. The van der Waals surface area contributed by atoms with Crippen molar-refractivity contribution in [3.8, 4) is 0 Å². The molecule has 1 aliphatic rings. The molecule has 110 valence electrons. The Kier molecular flexibility index (Phi) is 4.64. The molecule has 3 nitrogen and oxygen atoms in total. The highest BCUT2D eigenvalue weighted by atomic mass is 127. The van der Waals surface area contributed by atoms with Crippen LogP contribution in [0.5, 0.6) is 0 Å². The van der Waals surface area contributed by atoms with E-state index in [1.165, 1.54) is 25.7 Å². The summed E-state index contributed by atoms with van der Waals surface area (Å²) < 4.78 is 1.02. The molecule has 0 amide bonds. The molecule has 1 aromatic heterocycles. The zero-order chi connectivity index (χ0) is 14.8. The summed E-state index contributed by atoms with van der Waals surface area (Å²) in [6.07, 6.45) is 5.60. The Bertz CT molecular complexity index is 654. The third kappa shape index (κ3) is 3.31. The van der Waals surface area contributed by atoms with Gasteiger partial charge in [0.25, 0.3) is 0 Å². The SMILES string of the molecule is Nc1nc(Cc2ccccc2Cl)nc(C2CCCC2)c1I. The van der Waals surface area contributed by atoms with Gasteiger partial charge in [-0.05, 0) is 47.1 Å². The maximum absolute atomic E-state index is 6.22. The number of aromatic nitrogens is 2. The molecule has 0 bridgehead atoms. The van der Waals surface area contributed by atoms with Crippen LogP contribution in [0.15, 0.2) is 24.3 Å². The highest BCUT2D eigenvalue weighted by molar-refractivity contribution is 14.1. The van der Waals surface area contributed by atoms with Gasteiger partial charge in [-0.25, -0.2) is 9.97 Å². The molecule has 2 N–H and O–H groups in total. The standard InChI is InChI=1S/C16H17ClIN3/c17-12-8-4-3-7-11(12)9-13-20-15(10-5-1-2-6-10)14(18)16(19)21-13/h3-4,7-8,10H,1-2,5-6,9H2,(H2,19,20,21). The van der Waals surface area contributed by atoms with Crippen molar-refractivity contribution in [2.45, 2.75) is 38.0 Å². The predicted octanol–water partition coefficient (Wildman–Crippen LogP) is 4.57. The molecule has 5 heteroatoms. The van der Waals surface area contributed by atoms with Gasteiger partial charge in [0, 0.05) is 17.4 Å². The first-order valence-corrected chi connectivity index (χ1v) is 8.66. The van der Waals surface area contributed by atoms with Crippen LogP contribution in [0, 0.1) is 3.57 Å². The summed E-state index contributed by atoms with van der Waals surface area (Å²) in [6, 6.07) is 7.81. The lowest BCUT2D eigenvalue weighted by atomic mass is 10.0. The fourth-order valence-corrected chi connectivity index (χ4v) is 3.78. The molecular formula is C16H17ClIN3. The van der Waals surface area contributed by atoms with Gasteiger partial charge >= 0.3 is 0 Å². The predicted molar refractivity (Wildman–Crippen MR) is 94.6 cm³/mol. The highest BCUT2D eigenvalue weighted by Gasteiger charge is 2.23. The lowest BCUT2D eigenvalue weighted by Crippen LogP contribution is -2.10. The molecule has 2 aromatic rings. The fraction of sp³-hybridized carbons (Fsp3) is 0.375. The molecule has 1 aromatic carbocycles. The van der Waals surface area contributed by atoms with Gasteiger partial charge in [0.2, 0.25) is 0 Å². The van der Waals surface area contributed by atoms with Crippen molar-refractivity contribution >= 4 is 40.0 Å². The van der Waals surface area contributed by atoms with Crippen LogP contribution in [-0.2, 0) is 6.42 Å². The highest BCUT2D eigenvalue weighted by Crippen LogP contribution is 2.36. The first-order chi connectivity index (χ1) is 10.1. The van der Waals surface area contributed by atoms with E-state index in [-0.39, 0.29) is 0 Å². The van der Waals surface area contributed by atoms with Crippen molar-refractivity contribution in [1.29, 1.82) is 0 Å². The normalized spacial score (nSPS) is 15.5. The Balaban J connectivity index is 1.94. The summed E-state index contributed by atoms with van der Waals surface area (Å²) in [5.41, 5.74) is 8.26. The van der Waals surface area contributed by atoms with E-state index < -0.39 is 0 Å². The molecule has 21 heavy (non-hydrogen) atoms.